The lowest BCUT2D eigenvalue weighted by Gasteiger charge is -2.26. The van der Waals surface area contributed by atoms with Crippen molar-refractivity contribution in [3.05, 3.63) is 29.1 Å². The summed E-state index contributed by atoms with van der Waals surface area (Å²) in [6, 6.07) is 2.88. The van der Waals surface area contributed by atoms with Gasteiger partial charge in [0.15, 0.2) is 0 Å². The molecule has 0 fully saturated rings. The first-order valence-electron chi connectivity index (χ1n) is 5.90. The first kappa shape index (κ1) is 15.4. The van der Waals surface area contributed by atoms with Gasteiger partial charge in [-0.15, -0.1) is 0 Å². The summed E-state index contributed by atoms with van der Waals surface area (Å²) in [4.78, 5) is 10.9. The Labute approximate surface area is 112 Å². The van der Waals surface area contributed by atoms with Gasteiger partial charge in [-0.3, -0.25) is 4.79 Å². The summed E-state index contributed by atoms with van der Waals surface area (Å²) < 4.78 is 24.0. The minimum Gasteiger partial charge on any atom is -0.496 e. The third-order valence-electron chi connectivity index (χ3n) is 3.02. The predicted molar refractivity (Wildman–Crippen MR) is 68.9 cm³/mol. The molecule has 1 aromatic carbocycles. The normalized spacial score (nSPS) is 11.4. The Balaban J connectivity index is 3.35. The van der Waals surface area contributed by atoms with Crippen molar-refractivity contribution < 1.29 is 23.8 Å². The number of carbonyl (C=O) groups is 1. The van der Waals surface area contributed by atoms with Crippen molar-refractivity contribution in [2.75, 3.05) is 14.2 Å². The van der Waals surface area contributed by atoms with Gasteiger partial charge in [0.1, 0.15) is 11.6 Å². The molecule has 0 aliphatic heterocycles. The molecule has 0 saturated carbocycles. The van der Waals surface area contributed by atoms with Gasteiger partial charge in [0, 0.05) is 18.1 Å². The zero-order valence-corrected chi connectivity index (χ0v) is 11.6. The maximum Gasteiger partial charge on any atom is 0.304 e. The highest BCUT2D eigenvalue weighted by atomic mass is 19.1. The van der Waals surface area contributed by atoms with Gasteiger partial charge in [0.25, 0.3) is 0 Å². The fourth-order valence-electron chi connectivity index (χ4n) is 2.12. The Morgan fingerprint density at radius 1 is 1.37 bits per heavy atom. The molecular formula is C14H19FO4. The van der Waals surface area contributed by atoms with Crippen LogP contribution in [0.4, 0.5) is 4.39 Å². The highest BCUT2D eigenvalue weighted by molar-refractivity contribution is 5.69. The van der Waals surface area contributed by atoms with E-state index in [-0.39, 0.29) is 13.0 Å². The van der Waals surface area contributed by atoms with E-state index in [1.807, 2.05) is 0 Å². The Kier molecular flexibility index (Phi) is 4.89. The molecule has 0 unspecified atom stereocenters. The quantitative estimate of drug-likeness (QED) is 0.863. The minimum atomic E-state index is -0.912. The van der Waals surface area contributed by atoms with E-state index in [1.165, 1.54) is 20.3 Å². The van der Waals surface area contributed by atoms with E-state index in [4.69, 9.17) is 14.6 Å². The summed E-state index contributed by atoms with van der Waals surface area (Å²) in [6.07, 6.45) is -0.0680. The third-order valence-corrected chi connectivity index (χ3v) is 3.02. The van der Waals surface area contributed by atoms with Crippen LogP contribution in [0.25, 0.3) is 0 Å². The summed E-state index contributed by atoms with van der Waals surface area (Å²) in [5.41, 5.74) is 0.305. The summed E-state index contributed by atoms with van der Waals surface area (Å²) in [6.45, 7) is 3.65. The molecule has 1 aromatic rings. The van der Waals surface area contributed by atoms with Crippen LogP contribution < -0.4 is 4.74 Å². The van der Waals surface area contributed by atoms with Crippen molar-refractivity contribution in [2.45, 2.75) is 32.3 Å². The maximum atomic E-state index is 13.8. The first-order valence-corrected chi connectivity index (χ1v) is 5.90. The third kappa shape index (κ3) is 3.44. The summed E-state index contributed by atoms with van der Waals surface area (Å²) >= 11 is 0. The summed E-state index contributed by atoms with van der Waals surface area (Å²) in [5, 5.41) is 8.96. The number of halogens is 1. The van der Waals surface area contributed by atoms with Gasteiger partial charge in [0.05, 0.1) is 25.7 Å². The van der Waals surface area contributed by atoms with E-state index in [0.717, 1.165) is 0 Å². The smallest absolute Gasteiger partial charge is 0.304 e. The zero-order valence-electron chi connectivity index (χ0n) is 11.6. The molecule has 0 atom stereocenters. The molecule has 0 aliphatic rings. The first-order chi connectivity index (χ1) is 8.83. The number of rotatable bonds is 6. The molecule has 0 heterocycles. The number of benzene rings is 1. The van der Waals surface area contributed by atoms with Gasteiger partial charge >= 0.3 is 5.97 Å². The van der Waals surface area contributed by atoms with Crippen LogP contribution in [0, 0.1) is 5.82 Å². The van der Waals surface area contributed by atoms with Crippen molar-refractivity contribution in [3.63, 3.8) is 0 Å². The van der Waals surface area contributed by atoms with Crippen molar-refractivity contribution in [1.82, 2.24) is 0 Å². The van der Waals surface area contributed by atoms with E-state index in [1.54, 1.807) is 19.9 Å². The average molecular weight is 270 g/mol. The fourth-order valence-corrected chi connectivity index (χ4v) is 2.12. The van der Waals surface area contributed by atoms with Crippen LogP contribution >= 0.6 is 0 Å². The van der Waals surface area contributed by atoms with Crippen molar-refractivity contribution in [3.8, 4) is 5.75 Å². The van der Waals surface area contributed by atoms with Crippen molar-refractivity contribution >= 4 is 5.97 Å². The maximum absolute atomic E-state index is 13.8. The summed E-state index contributed by atoms with van der Waals surface area (Å²) in [7, 11) is 2.90. The Morgan fingerprint density at radius 2 is 2.00 bits per heavy atom. The number of hydrogen-bond donors (Lipinski definition) is 1. The number of carboxylic acids is 1. The number of methoxy groups -OCH3 is 2. The largest absolute Gasteiger partial charge is 0.496 e. The molecule has 19 heavy (non-hydrogen) atoms. The van der Waals surface area contributed by atoms with Gasteiger partial charge in [-0.2, -0.15) is 0 Å². The Hall–Kier alpha value is -1.62. The molecule has 106 valence electrons. The lowest BCUT2D eigenvalue weighted by molar-refractivity contribution is -0.138. The lowest BCUT2D eigenvalue weighted by atomic mass is 9.80. The SMILES string of the molecule is COCc1c(F)ccc(C(C)(C)CC(=O)O)c1OC. The van der Waals surface area contributed by atoms with E-state index >= 15 is 0 Å². The van der Waals surface area contributed by atoms with Crippen LogP contribution in [0.2, 0.25) is 0 Å². The number of aliphatic carboxylic acids is 1. The molecule has 0 bridgehead atoms. The van der Waals surface area contributed by atoms with Gasteiger partial charge in [-0.05, 0) is 6.07 Å². The van der Waals surface area contributed by atoms with Gasteiger partial charge in [-0.25, -0.2) is 4.39 Å². The fraction of sp³-hybridized carbons (Fsp3) is 0.500. The molecule has 1 N–H and O–H groups in total. The topological polar surface area (TPSA) is 55.8 Å². The minimum absolute atomic E-state index is 0.0680. The summed E-state index contributed by atoms with van der Waals surface area (Å²) in [5.74, 6) is -0.980. The van der Waals surface area contributed by atoms with Crippen molar-refractivity contribution in [2.24, 2.45) is 0 Å². The monoisotopic (exact) mass is 270 g/mol. The highest BCUT2D eigenvalue weighted by Crippen LogP contribution is 2.37. The standard InChI is InChI=1S/C14H19FO4/c1-14(2,7-12(16)17)10-5-6-11(15)9(8-18-3)13(10)19-4/h5-6H,7-8H2,1-4H3,(H,16,17). The molecule has 0 aromatic heterocycles. The molecular weight excluding hydrogens is 251 g/mol. The van der Waals surface area contributed by atoms with Crippen LogP contribution in [0.3, 0.4) is 0 Å². The van der Waals surface area contributed by atoms with Gasteiger partial charge in [0.2, 0.25) is 0 Å². The highest BCUT2D eigenvalue weighted by Gasteiger charge is 2.29. The van der Waals surface area contributed by atoms with Crippen LogP contribution in [-0.2, 0) is 21.6 Å². The second kappa shape index (κ2) is 6.02. The second-order valence-corrected chi connectivity index (χ2v) is 4.99. The Morgan fingerprint density at radius 3 is 2.47 bits per heavy atom. The second-order valence-electron chi connectivity index (χ2n) is 4.99. The Bertz CT molecular complexity index is 469. The van der Waals surface area contributed by atoms with Crippen LogP contribution in [0.1, 0.15) is 31.4 Å². The van der Waals surface area contributed by atoms with Gasteiger partial charge in [-0.1, -0.05) is 19.9 Å². The number of carboxylic acid groups (broad SMARTS) is 1. The van der Waals surface area contributed by atoms with Crippen LogP contribution in [0.5, 0.6) is 5.75 Å². The van der Waals surface area contributed by atoms with E-state index in [9.17, 15) is 9.18 Å². The lowest BCUT2D eigenvalue weighted by Crippen LogP contribution is -2.23. The number of hydrogen-bond acceptors (Lipinski definition) is 3. The molecule has 0 radical (unpaired) electrons. The van der Waals surface area contributed by atoms with Crippen LogP contribution in [-0.4, -0.2) is 25.3 Å². The van der Waals surface area contributed by atoms with Crippen LogP contribution in [0.15, 0.2) is 12.1 Å². The molecule has 4 nitrogen and oxygen atoms in total. The van der Waals surface area contributed by atoms with E-state index in [0.29, 0.717) is 16.9 Å². The molecule has 0 spiro atoms. The van der Waals surface area contributed by atoms with Gasteiger partial charge < -0.3 is 14.6 Å². The van der Waals surface area contributed by atoms with E-state index < -0.39 is 17.2 Å². The van der Waals surface area contributed by atoms with Crippen molar-refractivity contribution in [1.29, 1.82) is 0 Å². The predicted octanol–water partition coefficient (Wildman–Crippen LogP) is 2.73. The average Bonchev–Trinajstić information content (AvgIpc) is 2.29. The number of ether oxygens (including phenoxy) is 2. The zero-order chi connectivity index (χ0) is 14.6. The molecule has 5 heteroatoms. The molecule has 1 rings (SSSR count). The van der Waals surface area contributed by atoms with E-state index in [2.05, 4.69) is 0 Å². The molecule has 0 saturated heterocycles. The molecule has 0 amide bonds. The molecule has 0 aliphatic carbocycles.